The number of hydrogen-bond acceptors (Lipinski definition) is 4. The molecule has 110 valence electrons. The SMILES string of the molecule is O=C(O)[C@@H]1CNC[C@H](NS(=O)(=O)c2cccc(Cl)c2)C1. The van der Waals surface area contributed by atoms with Gasteiger partial charge in [0, 0.05) is 24.2 Å². The predicted molar refractivity (Wildman–Crippen MR) is 74.2 cm³/mol. The second kappa shape index (κ2) is 6.09. The molecule has 0 saturated carbocycles. The van der Waals surface area contributed by atoms with E-state index in [9.17, 15) is 13.2 Å². The molecule has 8 heteroatoms. The van der Waals surface area contributed by atoms with E-state index in [0.29, 0.717) is 18.1 Å². The molecule has 0 aromatic heterocycles. The van der Waals surface area contributed by atoms with Crippen molar-refractivity contribution in [3.63, 3.8) is 0 Å². The van der Waals surface area contributed by atoms with Crippen LogP contribution in [0.4, 0.5) is 0 Å². The number of carbonyl (C=O) groups is 1. The fourth-order valence-corrected chi connectivity index (χ4v) is 3.69. The van der Waals surface area contributed by atoms with Crippen molar-refractivity contribution in [2.45, 2.75) is 17.4 Å². The molecule has 0 radical (unpaired) electrons. The molecule has 0 aliphatic carbocycles. The minimum atomic E-state index is -3.70. The Morgan fingerprint density at radius 1 is 1.40 bits per heavy atom. The van der Waals surface area contributed by atoms with Crippen LogP contribution in [0.1, 0.15) is 6.42 Å². The molecule has 0 amide bonds. The van der Waals surface area contributed by atoms with Crippen LogP contribution >= 0.6 is 11.6 Å². The Hall–Kier alpha value is -1.15. The van der Waals surface area contributed by atoms with E-state index in [1.807, 2.05) is 0 Å². The normalized spacial score (nSPS) is 23.4. The largest absolute Gasteiger partial charge is 0.481 e. The Bertz CT molecular complexity index is 605. The Morgan fingerprint density at radius 2 is 2.15 bits per heavy atom. The highest BCUT2D eigenvalue weighted by atomic mass is 35.5. The molecule has 1 fully saturated rings. The summed E-state index contributed by atoms with van der Waals surface area (Å²) in [7, 11) is -3.70. The van der Waals surface area contributed by atoms with Gasteiger partial charge in [-0.3, -0.25) is 4.79 Å². The second-order valence-corrected chi connectivity index (χ2v) is 6.86. The Kier molecular flexibility index (Phi) is 4.64. The van der Waals surface area contributed by atoms with E-state index < -0.39 is 28.0 Å². The maximum atomic E-state index is 12.2. The van der Waals surface area contributed by atoms with Crippen LogP contribution in [0.25, 0.3) is 0 Å². The van der Waals surface area contributed by atoms with Crippen LogP contribution in [0, 0.1) is 5.92 Å². The van der Waals surface area contributed by atoms with E-state index in [2.05, 4.69) is 10.0 Å². The number of carboxylic acids is 1. The number of piperidine rings is 1. The van der Waals surface area contributed by atoms with Gasteiger partial charge in [-0.2, -0.15) is 0 Å². The second-order valence-electron chi connectivity index (χ2n) is 4.70. The quantitative estimate of drug-likeness (QED) is 0.759. The molecular weight excluding hydrogens is 304 g/mol. The first kappa shape index (κ1) is 15.2. The molecule has 6 nitrogen and oxygen atoms in total. The van der Waals surface area contributed by atoms with Crippen molar-refractivity contribution in [3.8, 4) is 0 Å². The molecule has 3 N–H and O–H groups in total. The van der Waals surface area contributed by atoms with Crippen molar-refractivity contribution >= 4 is 27.6 Å². The third kappa shape index (κ3) is 3.69. The van der Waals surface area contributed by atoms with Crippen LogP contribution in [-0.4, -0.2) is 38.6 Å². The molecule has 20 heavy (non-hydrogen) atoms. The number of nitrogens with one attached hydrogen (secondary N) is 2. The van der Waals surface area contributed by atoms with Gasteiger partial charge in [0.1, 0.15) is 0 Å². The standard InChI is InChI=1S/C12H15ClN2O4S/c13-9-2-1-3-11(5-9)20(18,19)15-10-4-8(12(16)17)6-14-7-10/h1-3,5,8,10,14-15H,4,6-7H2,(H,16,17)/t8-,10+/m0/s1. The number of sulfonamides is 1. The Labute approximate surface area is 122 Å². The molecule has 1 saturated heterocycles. The summed E-state index contributed by atoms with van der Waals surface area (Å²) in [6.45, 7) is 0.758. The lowest BCUT2D eigenvalue weighted by molar-refractivity contribution is -0.142. The maximum absolute atomic E-state index is 12.2. The molecule has 0 bridgehead atoms. The Morgan fingerprint density at radius 3 is 2.80 bits per heavy atom. The lowest BCUT2D eigenvalue weighted by atomic mass is 9.97. The molecule has 1 aromatic carbocycles. The summed E-state index contributed by atoms with van der Waals surface area (Å²) >= 11 is 5.78. The van der Waals surface area contributed by atoms with Gasteiger partial charge in [-0.05, 0) is 24.6 Å². The molecular formula is C12H15ClN2O4S. The van der Waals surface area contributed by atoms with Gasteiger partial charge in [-0.25, -0.2) is 13.1 Å². The predicted octanol–water partition coefficient (Wildman–Crippen LogP) is 0.681. The zero-order chi connectivity index (χ0) is 14.8. The lowest BCUT2D eigenvalue weighted by Crippen LogP contribution is -2.50. The van der Waals surface area contributed by atoms with Gasteiger partial charge in [0.2, 0.25) is 10.0 Å². The van der Waals surface area contributed by atoms with Gasteiger partial charge in [0.05, 0.1) is 10.8 Å². The summed E-state index contributed by atoms with van der Waals surface area (Å²) in [5.41, 5.74) is 0. The summed E-state index contributed by atoms with van der Waals surface area (Å²) in [6.07, 6.45) is 0.266. The smallest absolute Gasteiger partial charge is 0.307 e. The van der Waals surface area contributed by atoms with E-state index in [1.54, 1.807) is 12.1 Å². The average molecular weight is 319 g/mol. The first-order valence-electron chi connectivity index (χ1n) is 6.10. The molecule has 1 aromatic rings. The van der Waals surface area contributed by atoms with Gasteiger partial charge in [0.25, 0.3) is 0 Å². The van der Waals surface area contributed by atoms with E-state index in [-0.39, 0.29) is 11.3 Å². The number of carboxylic acid groups (broad SMARTS) is 1. The van der Waals surface area contributed by atoms with Crippen LogP contribution in [0.3, 0.4) is 0 Å². The average Bonchev–Trinajstić information content (AvgIpc) is 2.38. The molecule has 1 aliphatic rings. The third-order valence-corrected chi connectivity index (χ3v) is 4.88. The van der Waals surface area contributed by atoms with Gasteiger partial charge in [0.15, 0.2) is 0 Å². The fraction of sp³-hybridized carbons (Fsp3) is 0.417. The minimum Gasteiger partial charge on any atom is -0.481 e. The third-order valence-electron chi connectivity index (χ3n) is 3.13. The highest BCUT2D eigenvalue weighted by Gasteiger charge is 2.29. The zero-order valence-electron chi connectivity index (χ0n) is 10.5. The first-order chi connectivity index (χ1) is 9.38. The van der Waals surface area contributed by atoms with Gasteiger partial charge >= 0.3 is 5.97 Å². The number of benzene rings is 1. The van der Waals surface area contributed by atoms with Crippen molar-refractivity contribution in [3.05, 3.63) is 29.3 Å². The monoisotopic (exact) mass is 318 g/mol. The zero-order valence-corrected chi connectivity index (χ0v) is 12.1. The van der Waals surface area contributed by atoms with Crippen LogP contribution in [0.5, 0.6) is 0 Å². The molecule has 2 rings (SSSR count). The van der Waals surface area contributed by atoms with E-state index in [1.165, 1.54) is 12.1 Å². The van der Waals surface area contributed by atoms with Crippen LogP contribution in [0.15, 0.2) is 29.2 Å². The number of rotatable bonds is 4. The summed E-state index contributed by atoms with van der Waals surface area (Å²) in [5, 5.41) is 12.2. The summed E-state index contributed by atoms with van der Waals surface area (Å²) in [6, 6.07) is 5.49. The number of aliphatic carboxylic acids is 1. The van der Waals surface area contributed by atoms with Gasteiger partial charge < -0.3 is 10.4 Å². The van der Waals surface area contributed by atoms with Crippen molar-refractivity contribution in [2.75, 3.05) is 13.1 Å². The molecule has 0 spiro atoms. The van der Waals surface area contributed by atoms with E-state index in [0.717, 1.165) is 0 Å². The molecule has 1 aliphatic heterocycles. The topological polar surface area (TPSA) is 95.5 Å². The van der Waals surface area contributed by atoms with Crippen molar-refractivity contribution in [2.24, 2.45) is 5.92 Å². The fourth-order valence-electron chi connectivity index (χ4n) is 2.14. The molecule has 0 unspecified atom stereocenters. The maximum Gasteiger partial charge on any atom is 0.307 e. The van der Waals surface area contributed by atoms with E-state index >= 15 is 0 Å². The van der Waals surface area contributed by atoms with Crippen LogP contribution < -0.4 is 10.0 Å². The highest BCUT2D eigenvalue weighted by molar-refractivity contribution is 7.89. The summed E-state index contributed by atoms with van der Waals surface area (Å²) in [5.74, 6) is -1.51. The number of hydrogen-bond donors (Lipinski definition) is 3. The van der Waals surface area contributed by atoms with Gasteiger partial charge in [-0.15, -0.1) is 0 Å². The van der Waals surface area contributed by atoms with Crippen LogP contribution in [0.2, 0.25) is 5.02 Å². The minimum absolute atomic E-state index is 0.0717. The highest BCUT2D eigenvalue weighted by Crippen LogP contribution is 2.18. The first-order valence-corrected chi connectivity index (χ1v) is 7.96. The van der Waals surface area contributed by atoms with E-state index in [4.69, 9.17) is 16.7 Å². The number of halogens is 1. The molecule has 1 heterocycles. The summed E-state index contributed by atoms with van der Waals surface area (Å²) in [4.78, 5) is 11.0. The van der Waals surface area contributed by atoms with Crippen molar-refractivity contribution in [1.29, 1.82) is 0 Å². The Balaban J connectivity index is 2.10. The summed E-state index contributed by atoms with van der Waals surface area (Å²) < 4.78 is 26.9. The molecule has 2 atom stereocenters. The van der Waals surface area contributed by atoms with Crippen molar-refractivity contribution in [1.82, 2.24) is 10.0 Å². The van der Waals surface area contributed by atoms with Gasteiger partial charge in [-0.1, -0.05) is 17.7 Å². The van der Waals surface area contributed by atoms with Crippen LogP contribution in [-0.2, 0) is 14.8 Å². The van der Waals surface area contributed by atoms with Crippen molar-refractivity contribution < 1.29 is 18.3 Å². The lowest BCUT2D eigenvalue weighted by Gasteiger charge is -2.28.